The highest BCUT2D eigenvalue weighted by Crippen LogP contribution is 2.42. The third-order valence-corrected chi connectivity index (χ3v) is 7.21. The fourth-order valence-corrected chi connectivity index (χ4v) is 5.33. The minimum Gasteiger partial charge on any atom is -0.373 e. The van der Waals surface area contributed by atoms with E-state index in [1.165, 1.54) is 6.42 Å². The zero-order valence-electron chi connectivity index (χ0n) is 19.7. The second-order valence-corrected chi connectivity index (χ2v) is 11.3. The van der Waals surface area contributed by atoms with E-state index in [-0.39, 0.29) is 17.0 Å². The van der Waals surface area contributed by atoms with Crippen molar-refractivity contribution in [3.63, 3.8) is 0 Å². The highest BCUT2D eigenvalue weighted by molar-refractivity contribution is 6.35. The Hall–Kier alpha value is -2.08. The zero-order valence-corrected chi connectivity index (χ0v) is 22.0. The number of nitrogens with one attached hydrogen (secondary N) is 1. The van der Waals surface area contributed by atoms with Crippen molar-refractivity contribution in [1.82, 2.24) is 20.2 Å². The molecule has 8 heteroatoms. The number of halogens is 3. The van der Waals surface area contributed by atoms with Gasteiger partial charge in [-0.2, -0.15) is 0 Å². The van der Waals surface area contributed by atoms with E-state index in [1.54, 1.807) is 6.07 Å². The van der Waals surface area contributed by atoms with E-state index in [4.69, 9.17) is 34.8 Å². The number of aromatic nitrogens is 4. The first-order chi connectivity index (χ1) is 16.2. The molecule has 0 spiro atoms. The molecule has 1 N–H and O–H groups in total. The third kappa shape index (κ3) is 5.59. The van der Waals surface area contributed by atoms with Crippen molar-refractivity contribution in [2.75, 3.05) is 5.32 Å². The summed E-state index contributed by atoms with van der Waals surface area (Å²) in [5, 5.41) is 18.9. The Bertz CT molecular complexity index is 1160. The molecule has 0 radical (unpaired) electrons. The SMILES string of the molecule is CC(C)(C)C(C=Cc1ccc(Cl)cc1Cl)n1nnnc1C1(Nc2cccc(Cl)c2)CCCCC1. The summed E-state index contributed by atoms with van der Waals surface area (Å²) in [4.78, 5) is 0. The molecule has 1 aromatic heterocycles. The second kappa shape index (κ2) is 10.3. The van der Waals surface area contributed by atoms with Gasteiger partial charge in [0.05, 0.1) is 11.6 Å². The van der Waals surface area contributed by atoms with Crippen LogP contribution in [0.4, 0.5) is 5.69 Å². The molecular formula is C26H30Cl3N5. The normalized spacial score (nSPS) is 17.1. The maximum Gasteiger partial charge on any atom is 0.177 e. The number of tetrazole rings is 1. The number of nitrogens with zero attached hydrogens (tertiary/aromatic N) is 4. The van der Waals surface area contributed by atoms with Crippen molar-refractivity contribution in [2.45, 2.75) is 64.5 Å². The van der Waals surface area contributed by atoms with Crippen LogP contribution in [0.25, 0.3) is 6.08 Å². The van der Waals surface area contributed by atoms with E-state index in [9.17, 15) is 0 Å². The summed E-state index contributed by atoms with van der Waals surface area (Å²) >= 11 is 18.8. The van der Waals surface area contributed by atoms with Gasteiger partial charge in [0, 0.05) is 20.8 Å². The van der Waals surface area contributed by atoms with Gasteiger partial charge in [0.25, 0.3) is 0 Å². The number of allylic oxidation sites excluding steroid dienone is 1. The summed E-state index contributed by atoms with van der Waals surface area (Å²) in [5.74, 6) is 0.846. The summed E-state index contributed by atoms with van der Waals surface area (Å²) < 4.78 is 1.98. The van der Waals surface area contributed by atoms with Gasteiger partial charge in [0.15, 0.2) is 5.82 Å². The van der Waals surface area contributed by atoms with E-state index in [2.05, 4.69) is 47.7 Å². The van der Waals surface area contributed by atoms with Gasteiger partial charge in [-0.05, 0) is 64.6 Å². The van der Waals surface area contributed by atoms with Crippen LogP contribution in [0.5, 0.6) is 0 Å². The molecule has 0 bridgehead atoms. The number of benzene rings is 2. The van der Waals surface area contributed by atoms with Crippen molar-refractivity contribution in [2.24, 2.45) is 5.41 Å². The van der Waals surface area contributed by atoms with Crippen molar-refractivity contribution < 1.29 is 0 Å². The Morgan fingerprint density at radius 2 is 1.74 bits per heavy atom. The fourth-order valence-electron chi connectivity index (χ4n) is 4.67. The molecule has 1 aliphatic carbocycles. The van der Waals surface area contributed by atoms with Crippen LogP contribution in [0.1, 0.15) is 70.3 Å². The highest BCUT2D eigenvalue weighted by atomic mass is 35.5. The smallest absolute Gasteiger partial charge is 0.177 e. The molecule has 1 saturated carbocycles. The van der Waals surface area contributed by atoms with Gasteiger partial charge in [-0.15, -0.1) is 5.10 Å². The molecule has 0 aliphatic heterocycles. The maximum atomic E-state index is 6.43. The lowest BCUT2D eigenvalue weighted by Crippen LogP contribution is -2.42. The van der Waals surface area contributed by atoms with Gasteiger partial charge in [0.2, 0.25) is 0 Å². The lowest BCUT2D eigenvalue weighted by atomic mass is 9.79. The van der Waals surface area contributed by atoms with Gasteiger partial charge in [-0.25, -0.2) is 4.68 Å². The fraction of sp³-hybridized carbons (Fsp3) is 0.423. The molecule has 1 fully saturated rings. The Morgan fingerprint density at radius 3 is 2.41 bits per heavy atom. The Morgan fingerprint density at radius 1 is 1.00 bits per heavy atom. The van der Waals surface area contributed by atoms with Crippen LogP contribution in [-0.2, 0) is 5.54 Å². The van der Waals surface area contributed by atoms with Crippen LogP contribution in [0.2, 0.25) is 15.1 Å². The van der Waals surface area contributed by atoms with E-state index >= 15 is 0 Å². The van der Waals surface area contributed by atoms with Crippen LogP contribution < -0.4 is 5.32 Å². The Kier molecular flexibility index (Phi) is 7.56. The predicted molar refractivity (Wildman–Crippen MR) is 142 cm³/mol. The molecule has 1 atom stereocenters. The predicted octanol–water partition coefficient (Wildman–Crippen LogP) is 8.21. The van der Waals surface area contributed by atoms with Gasteiger partial charge in [-0.3, -0.25) is 0 Å². The molecule has 5 nitrogen and oxygen atoms in total. The average Bonchev–Trinajstić information content (AvgIpc) is 3.25. The minimum absolute atomic E-state index is 0.0933. The number of rotatable bonds is 6. The van der Waals surface area contributed by atoms with Gasteiger partial charge < -0.3 is 5.32 Å². The monoisotopic (exact) mass is 517 g/mol. The van der Waals surface area contributed by atoms with Crippen LogP contribution in [0.15, 0.2) is 48.5 Å². The van der Waals surface area contributed by atoms with Gasteiger partial charge in [0.1, 0.15) is 0 Å². The van der Waals surface area contributed by atoms with Gasteiger partial charge in [-0.1, -0.05) is 99.1 Å². The number of hydrogen-bond acceptors (Lipinski definition) is 4. The molecule has 0 amide bonds. The largest absolute Gasteiger partial charge is 0.373 e. The molecule has 34 heavy (non-hydrogen) atoms. The average molecular weight is 519 g/mol. The minimum atomic E-state index is -0.373. The first kappa shape index (κ1) is 25.0. The van der Waals surface area contributed by atoms with Crippen molar-refractivity contribution >= 4 is 46.6 Å². The third-order valence-electron chi connectivity index (χ3n) is 6.41. The Balaban J connectivity index is 1.75. The molecular weight excluding hydrogens is 489 g/mol. The van der Waals surface area contributed by atoms with E-state index in [0.717, 1.165) is 42.8 Å². The molecule has 2 aromatic carbocycles. The zero-order chi connectivity index (χ0) is 24.3. The summed E-state index contributed by atoms with van der Waals surface area (Å²) in [6.45, 7) is 6.57. The standard InChI is InChI=1S/C26H30Cl3N5/c1-25(2,3)23(13-11-18-10-12-20(28)17-22(18)29)34-24(31-32-33-34)26(14-5-4-6-15-26)30-21-9-7-8-19(27)16-21/h7-13,16-17,23,30H,4-6,14-15H2,1-3H3. The molecule has 3 aromatic rings. The first-order valence-corrected chi connectivity index (χ1v) is 12.8. The summed E-state index contributed by atoms with van der Waals surface area (Å²) in [7, 11) is 0. The quantitative estimate of drug-likeness (QED) is 0.357. The number of hydrogen-bond donors (Lipinski definition) is 1. The summed E-state index contributed by atoms with van der Waals surface area (Å²) in [6, 6.07) is 13.3. The van der Waals surface area contributed by atoms with Crippen LogP contribution in [0, 0.1) is 5.41 Å². The summed E-state index contributed by atoms with van der Waals surface area (Å²) in [5.41, 5.74) is 1.35. The van der Waals surface area contributed by atoms with E-state index in [0.29, 0.717) is 15.1 Å². The number of anilines is 1. The first-order valence-electron chi connectivity index (χ1n) is 11.6. The molecule has 4 rings (SSSR count). The van der Waals surface area contributed by atoms with Gasteiger partial charge >= 0.3 is 0 Å². The summed E-state index contributed by atoms with van der Waals surface area (Å²) in [6.07, 6.45) is 9.47. The van der Waals surface area contributed by atoms with E-state index < -0.39 is 0 Å². The molecule has 0 saturated heterocycles. The Labute approximate surface area is 216 Å². The van der Waals surface area contributed by atoms with Crippen LogP contribution in [-0.4, -0.2) is 20.2 Å². The van der Waals surface area contributed by atoms with Crippen LogP contribution in [0.3, 0.4) is 0 Å². The molecule has 180 valence electrons. The second-order valence-electron chi connectivity index (χ2n) is 10.1. The maximum absolute atomic E-state index is 6.43. The van der Waals surface area contributed by atoms with Crippen LogP contribution >= 0.6 is 34.8 Å². The topological polar surface area (TPSA) is 55.6 Å². The highest BCUT2D eigenvalue weighted by Gasteiger charge is 2.41. The van der Waals surface area contributed by atoms with Crippen molar-refractivity contribution in [3.8, 4) is 0 Å². The molecule has 1 aliphatic rings. The van der Waals surface area contributed by atoms with E-state index in [1.807, 2.05) is 47.2 Å². The lowest BCUT2D eigenvalue weighted by molar-refractivity contribution is 0.237. The molecule has 1 unspecified atom stereocenters. The van der Waals surface area contributed by atoms with Crippen molar-refractivity contribution in [3.05, 3.63) is 75.0 Å². The lowest BCUT2D eigenvalue weighted by Gasteiger charge is -2.39. The van der Waals surface area contributed by atoms with Crippen molar-refractivity contribution in [1.29, 1.82) is 0 Å². The molecule has 1 heterocycles.